The number of aliphatic hydroxyl groups is 1. The van der Waals surface area contributed by atoms with Crippen molar-refractivity contribution in [2.45, 2.75) is 89.5 Å². The second-order valence-electron chi connectivity index (χ2n) is 12.0. The Balaban J connectivity index is 1.86. The Morgan fingerprint density at radius 1 is 1.29 bits per heavy atom. The summed E-state index contributed by atoms with van der Waals surface area (Å²) in [6.45, 7) is 15.4. The number of carbonyl (C=O) groups excluding carboxylic acids is 3. The molecule has 7 atom stereocenters. The van der Waals surface area contributed by atoms with Gasteiger partial charge in [-0.1, -0.05) is 63.1 Å². The van der Waals surface area contributed by atoms with Gasteiger partial charge in [-0.2, -0.15) is 0 Å². The van der Waals surface area contributed by atoms with E-state index in [1.54, 1.807) is 23.1 Å². The van der Waals surface area contributed by atoms with Gasteiger partial charge in [0.25, 0.3) is 5.91 Å². The number of ether oxygens (including phenoxy) is 2. The first kappa shape index (κ1) is 32.2. The van der Waals surface area contributed by atoms with Crippen molar-refractivity contribution in [3.8, 4) is 0 Å². The number of likely N-dealkylation sites (tertiary alicyclic amines) is 1. The molecule has 3 aliphatic rings. The number of halogens is 1. The summed E-state index contributed by atoms with van der Waals surface area (Å²) in [5, 5.41) is 11.0. The summed E-state index contributed by atoms with van der Waals surface area (Å²) >= 11 is 6.66. The molecule has 8 nitrogen and oxygen atoms in total. The van der Waals surface area contributed by atoms with Crippen LogP contribution >= 0.6 is 11.6 Å². The summed E-state index contributed by atoms with van der Waals surface area (Å²) in [4.78, 5) is 46.3. The molecule has 3 heterocycles. The van der Waals surface area contributed by atoms with Gasteiger partial charge < -0.3 is 24.4 Å². The summed E-state index contributed by atoms with van der Waals surface area (Å²) < 4.78 is 12.6. The van der Waals surface area contributed by atoms with Crippen molar-refractivity contribution >= 4 is 35.1 Å². The molecule has 0 aromatic heterocycles. The lowest BCUT2D eigenvalue weighted by atomic mass is 9.65. The third-order valence-electron chi connectivity index (χ3n) is 9.78. The van der Waals surface area contributed by atoms with Crippen LogP contribution in [0.25, 0.3) is 0 Å². The van der Waals surface area contributed by atoms with Crippen molar-refractivity contribution in [3.63, 3.8) is 0 Å². The fraction of sp³-hybridized carbons (Fsp3) is 0.606. The van der Waals surface area contributed by atoms with Crippen molar-refractivity contribution < 1.29 is 29.0 Å². The van der Waals surface area contributed by atoms with Crippen LogP contribution in [0.5, 0.6) is 0 Å². The summed E-state index contributed by atoms with van der Waals surface area (Å²) in [5.74, 6) is -3.04. The van der Waals surface area contributed by atoms with Crippen LogP contribution in [0.4, 0.5) is 5.69 Å². The number of nitrogens with zero attached hydrogens (tertiary/aromatic N) is 2. The minimum Gasteiger partial charge on any atom is -0.465 e. The number of fused-ring (bicyclic) bond motifs is 1. The van der Waals surface area contributed by atoms with Gasteiger partial charge in [-0.15, -0.1) is 13.2 Å². The highest BCUT2D eigenvalue weighted by atomic mass is 35.5. The first-order valence-corrected chi connectivity index (χ1v) is 15.5. The fourth-order valence-corrected chi connectivity index (χ4v) is 7.81. The second-order valence-corrected chi connectivity index (χ2v) is 12.4. The number of allylic oxidation sites excluding steroid dienone is 1. The zero-order chi connectivity index (χ0) is 30.8. The van der Waals surface area contributed by atoms with Crippen LogP contribution in [-0.4, -0.2) is 70.8 Å². The second kappa shape index (κ2) is 12.9. The Labute approximate surface area is 254 Å². The molecule has 42 heavy (non-hydrogen) atoms. The van der Waals surface area contributed by atoms with Crippen molar-refractivity contribution in [1.29, 1.82) is 0 Å². The Kier molecular flexibility index (Phi) is 9.90. The Morgan fingerprint density at radius 3 is 2.62 bits per heavy atom. The molecule has 3 fully saturated rings. The minimum atomic E-state index is -1.25. The van der Waals surface area contributed by atoms with Crippen molar-refractivity contribution in [1.82, 2.24) is 4.90 Å². The molecular formula is C33H45ClN2O6. The lowest BCUT2D eigenvalue weighted by Gasteiger charge is -2.41. The zero-order valence-corrected chi connectivity index (χ0v) is 26.1. The molecule has 1 aromatic carbocycles. The largest absolute Gasteiger partial charge is 0.465 e. The molecule has 0 aliphatic carbocycles. The maximum absolute atomic E-state index is 14.9. The summed E-state index contributed by atoms with van der Waals surface area (Å²) in [6.07, 6.45) is 6.88. The average Bonchev–Trinajstić information content (AvgIpc) is 3.58. The Hall–Kier alpha value is -2.68. The SMILES string of the molecule is C=CCCCOC(=O)[C@@H]1[C@H]2C(=O)N([C@@H](CO)[C@@H](C)CC)C(C(=O)N(CC=C)c3c(C)cccc3Cl)C23CC[C@@]1(CC)O3. The number of amides is 2. The molecule has 2 amide bonds. The van der Waals surface area contributed by atoms with Crippen LogP contribution in [0.1, 0.15) is 64.9 Å². The van der Waals surface area contributed by atoms with E-state index in [1.807, 2.05) is 39.8 Å². The van der Waals surface area contributed by atoms with Crippen LogP contribution in [0.2, 0.25) is 5.02 Å². The van der Waals surface area contributed by atoms with E-state index >= 15 is 0 Å². The number of para-hydroxylation sites is 1. The highest BCUT2D eigenvalue weighted by Crippen LogP contribution is 2.65. The van der Waals surface area contributed by atoms with Gasteiger partial charge in [0.2, 0.25) is 5.91 Å². The van der Waals surface area contributed by atoms with E-state index in [-0.39, 0.29) is 37.5 Å². The van der Waals surface area contributed by atoms with Gasteiger partial charge in [0.05, 0.1) is 41.5 Å². The normalized spacial score (nSPS) is 29.2. The molecular weight excluding hydrogens is 556 g/mol. The van der Waals surface area contributed by atoms with Gasteiger partial charge in [0.15, 0.2) is 0 Å². The van der Waals surface area contributed by atoms with Gasteiger partial charge in [-0.3, -0.25) is 14.4 Å². The molecule has 1 spiro atoms. The number of anilines is 1. The number of hydrogen-bond acceptors (Lipinski definition) is 6. The molecule has 4 rings (SSSR count). The molecule has 2 bridgehead atoms. The van der Waals surface area contributed by atoms with Crippen molar-refractivity contribution in [2.75, 3.05) is 24.7 Å². The maximum atomic E-state index is 14.9. The van der Waals surface area contributed by atoms with Crippen LogP contribution < -0.4 is 4.90 Å². The fourth-order valence-electron chi connectivity index (χ4n) is 7.49. The molecule has 230 valence electrons. The summed E-state index contributed by atoms with van der Waals surface area (Å²) in [6, 6.07) is 3.72. The molecule has 9 heteroatoms. The lowest BCUT2D eigenvalue weighted by Crippen LogP contribution is -2.60. The van der Waals surface area contributed by atoms with Gasteiger partial charge in [-0.25, -0.2) is 0 Å². The van der Waals surface area contributed by atoms with E-state index < -0.39 is 41.1 Å². The van der Waals surface area contributed by atoms with Gasteiger partial charge in [0, 0.05) is 6.54 Å². The summed E-state index contributed by atoms with van der Waals surface area (Å²) in [5.41, 5.74) is -0.818. The number of aliphatic hydroxyl groups excluding tert-OH is 1. The molecule has 0 radical (unpaired) electrons. The molecule has 3 saturated heterocycles. The van der Waals surface area contributed by atoms with E-state index in [9.17, 15) is 19.5 Å². The van der Waals surface area contributed by atoms with E-state index in [1.165, 1.54) is 4.90 Å². The zero-order valence-electron chi connectivity index (χ0n) is 25.3. The third-order valence-corrected chi connectivity index (χ3v) is 10.1. The van der Waals surface area contributed by atoms with Crippen LogP contribution in [0.3, 0.4) is 0 Å². The van der Waals surface area contributed by atoms with E-state index in [0.717, 1.165) is 5.56 Å². The quantitative estimate of drug-likeness (QED) is 0.178. The highest BCUT2D eigenvalue weighted by Gasteiger charge is 2.79. The van der Waals surface area contributed by atoms with Crippen molar-refractivity contribution in [2.24, 2.45) is 17.8 Å². The number of carbonyl (C=O) groups is 3. The Morgan fingerprint density at radius 2 is 2.02 bits per heavy atom. The number of aryl methyl sites for hydroxylation is 1. The van der Waals surface area contributed by atoms with Crippen molar-refractivity contribution in [3.05, 3.63) is 54.1 Å². The standard InChI is InChI=1S/C33H45ClN2O6/c1-7-11-12-19-41-31(40)26-25-29(38)36(24(20-37)21(5)9-3)28(33(25)17-16-32(26,10-4)42-33)30(39)35(18-8-2)27-22(6)14-13-15-23(27)34/h7-8,13-15,21,24-26,28,37H,1-2,9-12,16-20H2,3-6H3/t21-,24-,25-,26-,28?,32+,33?/m0/s1. The van der Waals surface area contributed by atoms with E-state index in [4.69, 9.17) is 21.1 Å². The smallest absolute Gasteiger partial charge is 0.312 e. The van der Waals surface area contributed by atoms with Gasteiger partial charge in [0.1, 0.15) is 17.6 Å². The number of rotatable bonds is 14. The molecule has 2 unspecified atom stereocenters. The first-order valence-electron chi connectivity index (χ1n) is 15.2. The van der Waals surface area contributed by atoms with Crippen LogP contribution in [-0.2, 0) is 23.9 Å². The van der Waals surface area contributed by atoms with Gasteiger partial charge >= 0.3 is 5.97 Å². The molecule has 0 saturated carbocycles. The average molecular weight is 601 g/mol. The van der Waals surface area contributed by atoms with Gasteiger partial charge in [-0.05, 0) is 56.6 Å². The number of hydrogen-bond donors (Lipinski definition) is 1. The first-order chi connectivity index (χ1) is 20.1. The topological polar surface area (TPSA) is 96.4 Å². The Bertz CT molecular complexity index is 1200. The monoisotopic (exact) mass is 600 g/mol. The maximum Gasteiger partial charge on any atom is 0.312 e. The van der Waals surface area contributed by atoms with Crippen LogP contribution in [0, 0.1) is 24.7 Å². The predicted molar refractivity (Wildman–Crippen MR) is 163 cm³/mol. The molecule has 1 N–H and O–H groups in total. The number of esters is 1. The number of benzene rings is 1. The predicted octanol–water partition coefficient (Wildman–Crippen LogP) is 5.24. The number of unbranched alkanes of at least 4 members (excludes halogenated alkanes) is 1. The van der Waals surface area contributed by atoms with Crippen LogP contribution in [0.15, 0.2) is 43.5 Å². The lowest BCUT2D eigenvalue weighted by molar-refractivity contribution is -0.162. The van der Waals surface area contributed by atoms with E-state index in [0.29, 0.717) is 49.2 Å². The molecule has 1 aromatic rings. The van der Waals surface area contributed by atoms with E-state index in [2.05, 4.69) is 13.2 Å². The molecule has 3 aliphatic heterocycles. The summed E-state index contributed by atoms with van der Waals surface area (Å²) in [7, 11) is 0. The highest BCUT2D eigenvalue weighted by molar-refractivity contribution is 6.34. The minimum absolute atomic E-state index is 0.110. The third kappa shape index (κ3) is 5.09.